The monoisotopic (exact) mass is 382 g/mol. The number of nitrogens with zero attached hydrogens (tertiary/aromatic N) is 1. The minimum absolute atomic E-state index is 0.226. The molecular formula is C22H27FN4O. The molecule has 3 aromatic rings. The molecule has 0 fully saturated rings. The SMILES string of the molecule is CCNC(=NCc1ccc(COC)cc1)NCCc1c[nH]c2cc(F)ccc12. The lowest BCUT2D eigenvalue weighted by Gasteiger charge is -2.11. The normalized spacial score (nSPS) is 11.8. The average molecular weight is 382 g/mol. The van der Waals surface area contributed by atoms with Gasteiger partial charge in [-0.3, -0.25) is 0 Å². The van der Waals surface area contributed by atoms with E-state index < -0.39 is 0 Å². The predicted octanol–water partition coefficient (Wildman–Crippen LogP) is 3.75. The maximum atomic E-state index is 13.3. The molecule has 0 amide bonds. The number of rotatable bonds is 8. The van der Waals surface area contributed by atoms with Gasteiger partial charge in [-0.25, -0.2) is 9.38 Å². The number of aliphatic imine (C=N–C) groups is 1. The molecular weight excluding hydrogens is 355 g/mol. The maximum Gasteiger partial charge on any atom is 0.191 e. The van der Waals surface area contributed by atoms with E-state index in [1.165, 1.54) is 12.1 Å². The van der Waals surface area contributed by atoms with Crippen LogP contribution in [-0.4, -0.2) is 31.1 Å². The predicted molar refractivity (Wildman–Crippen MR) is 112 cm³/mol. The lowest BCUT2D eigenvalue weighted by molar-refractivity contribution is 0.185. The Morgan fingerprint density at radius 1 is 1.11 bits per heavy atom. The van der Waals surface area contributed by atoms with Gasteiger partial charge >= 0.3 is 0 Å². The van der Waals surface area contributed by atoms with E-state index in [-0.39, 0.29) is 5.82 Å². The van der Waals surface area contributed by atoms with Gasteiger partial charge in [0, 0.05) is 37.3 Å². The van der Waals surface area contributed by atoms with Crippen LogP contribution in [0.2, 0.25) is 0 Å². The van der Waals surface area contributed by atoms with Gasteiger partial charge in [-0.05, 0) is 48.2 Å². The van der Waals surface area contributed by atoms with E-state index in [2.05, 4.69) is 44.9 Å². The van der Waals surface area contributed by atoms with Gasteiger partial charge in [0.1, 0.15) is 5.82 Å². The third-order valence-corrected chi connectivity index (χ3v) is 4.51. The van der Waals surface area contributed by atoms with Crippen molar-refractivity contribution in [1.82, 2.24) is 15.6 Å². The van der Waals surface area contributed by atoms with Gasteiger partial charge in [-0.2, -0.15) is 0 Å². The van der Waals surface area contributed by atoms with Gasteiger partial charge < -0.3 is 20.4 Å². The number of nitrogens with one attached hydrogen (secondary N) is 3. The third kappa shape index (κ3) is 5.33. The lowest BCUT2D eigenvalue weighted by atomic mass is 10.1. The van der Waals surface area contributed by atoms with Crippen LogP contribution in [0.15, 0.2) is 53.7 Å². The fourth-order valence-electron chi connectivity index (χ4n) is 3.10. The number of aromatic amines is 1. The van der Waals surface area contributed by atoms with Crippen LogP contribution >= 0.6 is 0 Å². The van der Waals surface area contributed by atoms with Crippen LogP contribution in [0.25, 0.3) is 10.9 Å². The molecule has 0 saturated carbocycles. The first-order valence-corrected chi connectivity index (χ1v) is 9.54. The second-order valence-corrected chi connectivity index (χ2v) is 6.63. The molecule has 0 atom stereocenters. The number of hydrogen-bond acceptors (Lipinski definition) is 2. The zero-order valence-electron chi connectivity index (χ0n) is 16.4. The van der Waals surface area contributed by atoms with Crippen LogP contribution in [0.1, 0.15) is 23.6 Å². The molecule has 0 bridgehead atoms. The Bertz CT molecular complexity index is 918. The Morgan fingerprint density at radius 3 is 2.64 bits per heavy atom. The van der Waals surface area contributed by atoms with E-state index in [0.717, 1.165) is 53.1 Å². The fourth-order valence-corrected chi connectivity index (χ4v) is 3.10. The smallest absolute Gasteiger partial charge is 0.191 e. The number of hydrogen-bond donors (Lipinski definition) is 3. The molecule has 0 aliphatic carbocycles. The summed E-state index contributed by atoms with van der Waals surface area (Å²) in [6.07, 6.45) is 2.76. The van der Waals surface area contributed by atoms with Crippen molar-refractivity contribution >= 4 is 16.9 Å². The third-order valence-electron chi connectivity index (χ3n) is 4.51. The van der Waals surface area contributed by atoms with Gasteiger partial charge in [0.25, 0.3) is 0 Å². The van der Waals surface area contributed by atoms with E-state index in [1.807, 2.05) is 19.2 Å². The summed E-state index contributed by atoms with van der Waals surface area (Å²) >= 11 is 0. The van der Waals surface area contributed by atoms with Crippen molar-refractivity contribution < 1.29 is 9.13 Å². The average Bonchev–Trinajstić information content (AvgIpc) is 3.09. The molecule has 0 aliphatic rings. The molecule has 148 valence electrons. The quantitative estimate of drug-likeness (QED) is 0.411. The van der Waals surface area contributed by atoms with Crippen LogP contribution in [0, 0.1) is 5.82 Å². The molecule has 5 nitrogen and oxygen atoms in total. The van der Waals surface area contributed by atoms with Gasteiger partial charge in [0.05, 0.1) is 13.2 Å². The van der Waals surface area contributed by atoms with Gasteiger partial charge in [-0.1, -0.05) is 24.3 Å². The summed E-state index contributed by atoms with van der Waals surface area (Å²) < 4.78 is 18.4. The van der Waals surface area contributed by atoms with Gasteiger partial charge in [-0.15, -0.1) is 0 Å². The zero-order valence-corrected chi connectivity index (χ0v) is 16.4. The van der Waals surface area contributed by atoms with Crippen LogP contribution in [-0.2, 0) is 24.3 Å². The minimum atomic E-state index is -0.226. The molecule has 1 heterocycles. The summed E-state index contributed by atoms with van der Waals surface area (Å²) in [4.78, 5) is 7.79. The Balaban J connectivity index is 1.56. The van der Waals surface area contributed by atoms with Gasteiger partial charge in [0.15, 0.2) is 5.96 Å². The maximum absolute atomic E-state index is 13.3. The number of methoxy groups -OCH3 is 1. The van der Waals surface area contributed by atoms with E-state index in [4.69, 9.17) is 4.74 Å². The van der Waals surface area contributed by atoms with E-state index in [9.17, 15) is 4.39 Å². The minimum Gasteiger partial charge on any atom is -0.380 e. The Hall–Kier alpha value is -2.86. The molecule has 3 rings (SSSR count). The number of fused-ring (bicyclic) bond motifs is 1. The second-order valence-electron chi connectivity index (χ2n) is 6.63. The molecule has 6 heteroatoms. The van der Waals surface area contributed by atoms with Crippen LogP contribution in [0.5, 0.6) is 0 Å². The van der Waals surface area contributed by atoms with E-state index in [0.29, 0.717) is 13.2 Å². The van der Waals surface area contributed by atoms with E-state index in [1.54, 1.807) is 7.11 Å². The van der Waals surface area contributed by atoms with E-state index >= 15 is 0 Å². The lowest BCUT2D eigenvalue weighted by Crippen LogP contribution is -2.38. The first kappa shape index (κ1) is 19.9. The molecule has 0 unspecified atom stereocenters. The molecule has 28 heavy (non-hydrogen) atoms. The van der Waals surface area contributed by atoms with Crippen molar-refractivity contribution in [1.29, 1.82) is 0 Å². The van der Waals surface area contributed by atoms with Crippen molar-refractivity contribution in [3.63, 3.8) is 0 Å². The molecule has 2 aromatic carbocycles. The highest BCUT2D eigenvalue weighted by Crippen LogP contribution is 2.19. The summed E-state index contributed by atoms with van der Waals surface area (Å²) in [6.45, 7) is 4.81. The first-order chi connectivity index (χ1) is 13.7. The molecule has 3 N–H and O–H groups in total. The molecule has 0 aliphatic heterocycles. The number of aromatic nitrogens is 1. The summed E-state index contributed by atoms with van der Waals surface area (Å²) in [5.41, 5.74) is 4.29. The highest BCUT2D eigenvalue weighted by atomic mass is 19.1. The standard InChI is InChI=1S/C22H27FN4O/c1-3-24-22(27-13-16-4-6-17(7-5-16)15-28-2)25-11-10-18-14-26-21-12-19(23)8-9-20(18)21/h4-9,12,14,26H,3,10-11,13,15H2,1-2H3,(H2,24,25,27). The highest BCUT2D eigenvalue weighted by Gasteiger charge is 2.05. The van der Waals surface area contributed by atoms with Crippen molar-refractivity contribution in [3.05, 3.63) is 71.2 Å². The number of guanidine groups is 1. The van der Waals surface area contributed by atoms with Crippen molar-refractivity contribution in [2.75, 3.05) is 20.2 Å². The molecule has 0 saturated heterocycles. The first-order valence-electron chi connectivity index (χ1n) is 9.54. The van der Waals surface area contributed by atoms with Crippen LogP contribution < -0.4 is 10.6 Å². The number of H-pyrrole nitrogens is 1. The fraction of sp³-hybridized carbons (Fsp3) is 0.318. The number of ether oxygens (including phenoxy) is 1. The molecule has 0 spiro atoms. The van der Waals surface area contributed by atoms with Crippen molar-refractivity contribution in [2.45, 2.75) is 26.5 Å². The summed E-state index contributed by atoms with van der Waals surface area (Å²) in [5.74, 6) is 0.560. The summed E-state index contributed by atoms with van der Waals surface area (Å²) in [6, 6.07) is 13.1. The number of benzene rings is 2. The summed E-state index contributed by atoms with van der Waals surface area (Å²) in [7, 11) is 1.70. The van der Waals surface area contributed by atoms with Crippen molar-refractivity contribution in [3.8, 4) is 0 Å². The molecule has 1 aromatic heterocycles. The van der Waals surface area contributed by atoms with Crippen LogP contribution in [0.4, 0.5) is 4.39 Å². The van der Waals surface area contributed by atoms with Gasteiger partial charge in [0.2, 0.25) is 0 Å². The van der Waals surface area contributed by atoms with Crippen molar-refractivity contribution in [2.24, 2.45) is 4.99 Å². The highest BCUT2D eigenvalue weighted by molar-refractivity contribution is 5.83. The largest absolute Gasteiger partial charge is 0.380 e. The van der Waals surface area contributed by atoms with Crippen LogP contribution in [0.3, 0.4) is 0 Å². The Labute approximate surface area is 165 Å². The Kier molecular flexibility index (Phi) is 7.03. The summed E-state index contributed by atoms with van der Waals surface area (Å²) in [5, 5.41) is 7.70. The topological polar surface area (TPSA) is 61.4 Å². The molecule has 0 radical (unpaired) electrons. The second kappa shape index (κ2) is 9.90. The number of halogens is 1. The zero-order chi connectivity index (χ0) is 19.8. The Morgan fingerprint density at radius 2 is 1.89 bits per heavy atom.